The van der Waals surface area contributed by atoms with Gasteiger partial charge in [0.05, 0.1) is 10.7 Å². The molecule has 88 valence electrons. The molecule has 0 aliphatic carbocycles. The number of piperidine rings is 1. The second-order valence-electron chi connectivity index (χ2n) is 5.40. The Morgan fingerprint density at radius 1 is 1.38 bits per heavy atom. The number of benzene rings is 1. The third-order valence-electron chi connectivity index (χ3n) is 3.21. The molecule has 2 rings (SSSR count). The smallest absolute Gasteiger partial charge is 0.0660 e. The Labute approximate surface area is 102 Å². The van der Waals surface area contributed by atoms with Crippen LogP contribution in [0, 0.1) is 5.41 Å². The van der Waals surface area contributed by atoms with E-state index in [2.05, 4.69) is 18.7 Å². The summed E-state index contributed by atoms with van der Waals surface area (Å²) in [4.78, 5) is 2.37. The maximum atomic E-state index is 6.23. The molecule has 16 heavy (non-hydrogen) atoms. The van der Waals surface area contributed by atoms with E-state index in [1.807, 2.05) is 18.2 Å². The molecule has 0 bridgehead atoms. The summed E-state index contributed by atoms with van der Waals surface area (Å²) in [5.74, 6) is 0. The Balaban J connectivity index is 2.23. The van der Waals surface area contributed by atoms with E-state index in [1.165, 1.54) is 12.8 Å². The molecule has 0 saturated carbocycles. The van der Waals surface area contributed by atoms with Gasteiger partial charge in [0.15, 0.2) is 0 Å². The normalized spacial score (nSPS) is 19.8. The lowest BCUT2D eigenvalue weighted by molar-refractivity contribution is 0.293. The van der Waals surface area contributed by atoms with Crippen LogP contribution in [0.25, 0.3) is 0 Å². The fourth-order valence-electron chi connectivity index (χ4n) is 2.41. The standard InChI is InChI=1S/C13H19ClN2/c1-13(2)6-3-7-16(9-13)12-5-4-10(15)8-11(12)14/h4-5,8H,3,6-7,9,15H2,1-2H3. The molecule has 1 aromatic rings. The highest BCUT2D eigenvalue weighted by Crippen LogP contribution is 2.35. The Bertz CT molecular complexity index is 388. The number of nitrogens with two attached hydrogens (primary N) is 1. The van der Waals surface area contributed by atoms with Crippen molar-refractivity contribution in [2.24, 2.45) is 5.41 Å². The van der Waals surface area contributed by atoms with Gasteiger partial charge in [-0.05, 0) is 36.5 Å². The van der Waals surface area contributed by atoms with E-state index in [0.717, 1.165) is 29.5 Å². The van der Waals surface area contributed by atoms with Crippen LogP contribution in [0.4, 0.5) is 11.4 Å². The highest BCUT2D eigenvalue weighted by molar-refractivity contribution is 6.33. The van der Waals surface area contributed by atoms with Crippen molar-refractivity contribution < 1.29 is 0 Å². The van der Waals surface area contributed by atoms with E-state index in [9.17, 15) is 0 Å². The van der Waals surface area contributed by atoms with Gasteiger partial charge < -0.3 is 10.6 Å². The molecule has 1 aliphatic heterocycles. The molecule has 1 fully saturated rings. The molecule has 3 heteroatoms. The first-order valence-corrected chi connectivity index (χ1v) is 6.16. The summed E-state index contributed by atoms with van der Waals surface area (Å²) < 4.78 is 0. The van der Waals surface area contributed by atoms with Crippen LogP contribution in [0.1, 0.15) is 26.7 Å². The van der Waals surface area contributed by atoms with Crippen molar-refractivity contribution in [1.29, 1.82) is 0 Å². The van der Waals surface area contributed by atoms with Crippen LogP contribution in [0.2, 0.25) is 5.02 Å². The molecule has 2 N–H and O–H groups in total. The van der Waals surface area contributed by atoms with Gasteiger partial charge in [0.1, 0.15) is 0 Å². The fraction of sp³-hybridized carbons (Fsp3) is 0.538. The molecule has 1 aliphatic rings. The van der Waals surface area contributed by atoms with Crippen LogP contribution in [-0.2, 0) is 0 Å². The zero-order chi connectivity index (χ0) is 11.8. The van der Waals surface area contributed by atoms with Crippen LogP contribution in [0.3, 0.4) is 0 Å². The Morgan fingerprint density at radius 2 is 2.12 bits per heavy atom. The first kappa shape index (κ1) is 11.6. The first-order valence-electron chi connectivity index (χ1n) is 5.78. The lowest BCUT2D eigenvalue weighted by atomic mass is 9.84. The molecule has 0 atom stereocenters. The number of hydrogen-bond donors (Lipinski definition) is 1. The molecule has 1 aromatic carbocycles. The third-order valence-corrected chi connectivity index (χ3v) is 3.52. The Kier molecular flexibility index (Phi) is 3.02. The number of halogens is 1. The van der Waals surface area contributed by atoms with Gasteiger partial charge in [-0.15, -0.1) is 0 Å². The summed E-state index contributed by atoms with van der Waals surface area (Å²) in [5, 5.41) is 0.762. The second kappa shape index (κ2) is 4.17. The van der Waals surface area contributed by atoms with Crippen LogP contribution in [0.15, 0.2) is 18.2 Å². The van der Waals surface area contributed by atoms with E-state index in [-0.39, 0.29) is 0 Å². The molecule has 0 unspecified atom stereocenters. The van der Waals surface area contributed by atoms with Crippen LogP contribution < -0.4 is 10.6 Å². The Hall–Kier alpha value is -0.890. The molecule has 0 amide bonds. The molecular weight excluding hydrogens is 220 g/mol. The highest BCUT2D eigenvalue weighted by Gasteiger charge is 2.27. The van der Waals surface area contributed by atoms with E-state index < -0.39 is 0 Å². The summed E-state index contributed by atoms with van der Waals surface area (Å²) >= 11 is 6.23. The summed E-state index contributed by atoms with van der Waals surface area (Å²) in [6.45, 7) is 6.78. The van der Waals surface area contributed by atoms with Crippen molar-refractivity contribution in [1.82, 2.24) is 0 Å². The quantitative estimate of drug-likeness (QED) is 0.759. The van der Waals surface area contributed by atoms with Gasteiger partial charge in [0.2, 0.25) is 0 Å². The van der Waals surface area contributed by atoms with Gasteiger partial charge in [0, 0.05) is 18.8 Å². The second-order valence-corrected chi connectivity index (χ2v) is 5.81. The van der Waals surface area contributed by atoms with E-state index in [4.69, 9.17) is 17.3 Å². The summed E-state index contributed by atoms with van der Waals surface area (Å²) in [7, 11) is 0. The van der Waals surface area contributed by atoms with Crippen molar-refractivity contribution in [3.8, 4) is 0 Å². The maximum Gasteiger partial charge on any atom is 0.0660 e. The highest BCUT2D eigenvalue weighted by atomic mass is 35.5. The molecule has 1 heterocycles. The average Bonchev–Trinajstić information content (AvgIpc) is 2.15. The molecule has 0 radical (unpaired) electrons. The van der Waals surface area contributed by atoms with E-state index >= 15 is 0 Å². The van der Waals surface area contributed by atoms with Gasteiger partial charge in [0.25, 0.3) is 0 Å². The van der Waals surface area contributed by atoms with Gasteiger partial charge in [-0.25, -0.2) is 0 Å². The molecule has 0 aromatic heterocycles. The number of rotatable bonds is 1. The molecular formula is C13H19ClN2. The van der Waals surface area contributed by atoms with Crippen LogP contribution in [0.5, 0.6) is 0 Å². The first-order chi connectivity index (χ1) is 7.48. The zero-order valence-electron chi connectivity index (χ0n) is 9.96. The lowest BCUT2D eigenvalue weighted by Gasteiger charge is -2.39. The maximum absolute atomic E-state index is 6.23. The predicted octanol–water partition coefficient (Wildman–Crippen LogP) is 3.55. The molecule has 2 nitrogen and oxygen atoms in total. The monoisotopic (exact) mass is 238 g/mol. The fourth-order valence-corrected chi connectivity index (χ4v) is 2.72. The number of hydrogen-bond acceptors (Lipinski definition) is 2. The minimum Gasteiger partial charge on any atom is -0.399 e. The topological polar surface area (TPSA) is 29.3 Å². The minimum absolute atomic E-state index is 0.378. The minimum atomic E-state index is 0.378. The number of nitrogen functional groups attached to an aromatic ring is 1. The van der Waals surface area contributed by atoms with E-state index in [1.54, 1.807) is 0 Å². The van der Waals surface area contributed by atoms with Gasteiger partial charge in [-0.3, -0.25) is 0 Å². The lowest BCUT2D eigenvalue weighted by Crippen LogP contribution is -2.40. The molecule has 1 saturated heterocycles. The van der Waals surface area contributed by atoms with Crippen LogP contribution >= 0.6 is 11.6 Å². The van der Waals surface area contributed by atoms with Crippen molar-refractivity contribution in [2.75, 3.05) is 23.7 Å². The van der Waals surface area contributed by atoms with Gasteiger partial charge >= 0.3 is 0 Å². The summed E-state index contributed by atoms with van der Waals surface area (Å²) in [5.41, 5.74) is 7.93. The number of anilines is 2. The van der Waals surface area contributed by atoms with Gasteiger partial charge in [-0.2, -0.15) is 0 Å². The average molecular weight is 239 g/mol. The SMILES string of the molecule is CC1(C)CCCN(c2ccc(N)cc2Cl)C1. The molecule has 0 spiro atoms. The van der Waals surface area contributed by atoms with E-state index in [0.29, 0.717) is 5.41 Å². The summed E-state index contributed by atoms with van der Waals surface area (Å²) in [6.07, 6.45) is 2.52. The van der Waals surface area contributed by atoms with Crippen molar-refractivity contribution >= 4 is 23.0 Å². The third kappa shape index (κ3) is 2.43. The van der Waals surface area contributed by atoms with Crippen molar-refractivity contribution in [3.63, 3.8) is 0 Å². The van der Waals surface area contributed by atoms with Crippen molar-refractivity contribution in [3.05, 3.63) is 23.2 Å². The summed E-state index contributed by atoms with van der Waals surface area (Å²) in [6, 6.07) is 5.78. The predicted molar refractivity (Wildman–Crippen MR) is 71.1 cm³/mol. The zero-order valence-corrected chi connectivity index (χ0v) is 10.7. The van der Waals surface area contributed by atoms with Crippen LogP contribution in [-0.4, -0.2) is 13.1 Å². The van der Waals surface area contributed by atoms with Gasteiger partial charge in [-0.1, -0.05) is 25.4 Å². The largest absolute Gasteiger partial charge is 0.399 e. The number of nitrogens with zero attached hydrogens (tertiary/aromatic N) is 1. The van der Waals surface area contributed by atoms with Crippen molar-refractivity contribution in [2.45, 2.75) is 26.7 Å². The Morgan fingerprint density at radius 3 is 2.75 bits per heavy atom.